The summed E-state index contributed by atoms with van der Waals surface area (Å²) in [6, 6.07) is 5.70. The van der Waals surface area contributed by atoms with Gasteiger partial charge in [-0.2, -0.15) is 0 Å². The van der Waals surface area contributed by atoms with Crippen LogP contribution in [0.15, 0.2) is 18.2 Å². The highest BCUT2D eigenvalue weighted by Gasteiger charge is 2.32. The number of rotatable bonds is 4. The first-order chi connectivity index (χ1) is 8.87. The second kappa shape index (κ2) is 5.33. The van der Waals surface area contributed by atoms with Gasteiger partial charge in [0.25, 0.3) is 0 Å². The van der Waals surface area contributed by atoms with Gasteiger partial charge in [-0.1, -0.05) is 11.6 Å². The fourth-order valence-corrected chi connectivity index (χ4v) is 2.42. The molecule has 19 heavy (non-hydrogen) atoms. The van der Waals surface area contributed by atoms with Gasteiger partial charge in [-0.3, -0.25) is 4.79 Å². The number of Topliss-reactive ketones (excluding diaryl/α,β-unsaturated/α-hetero) is 1. The van der Waals surface area contributed by atoms with Crippen LogP contribution in [0.3, 0.4) is 0 Å². The fourth-order valence-electron chi connectivity index (χ4n) is 2.42. The molecule has 104 valence electrons. The Morgan fingerprint density at radius 1 is 1.47 bits per heavy atom. The van der Waals surface area contributed by atoms with Crippen molar-refractivity contribution in [3.05, 3.63) is 29.3 Å². The summed E-state index contributed by atoms with van der Waals surface area (Å²) in [4.78, 5) is 11.6. The second-order valence-corrected chi connectivity index (χ2v) is 5.91. The maximum absolute atomic E-state index is 11.6. The third kappa shape index (κ3) is 3.57. The van der Waals surface area contributed by atoms with E-state index < -0.39 is 0 Å². The Kier molecular flexibility index (Phi) is 3.95. The van der Waals surface area contributed by atoms with E-state index in [9.17, 15) is 4.79 Å². The number of aryl methyl sites for hydroxylation is 1. The van der Waals surface area contributed by atoms with Crippen molar-refractivity contribution in [3.63, 3.8) is 0 Å². The molecule has 3 heteroatoms. The van der Waals surface area contributed by atoms with Crippen LogP contribution in [0.1, 0.15) is 49.5 Å². The van der Waals surface area contributed by atoms with E-state index in [-0.39, 0.29) is 17.5 Å². The monoisotopic (exact) mass is 262 g/mol. The van der Waals surface area contributed by atoms with Crippen LogP contribution in [-0.2, 0) is 4.74 Å². The molecular weight excluding hydrogens is 240 g/mol. The van der Waals surface area contributed by atoms with E-state index in [4.69, 9.17) is 9.47 Å². The molecule has 1 heterocycles. The van der Waals surface area contributed by atoms with Gasteiger partial charge in [0.2, 0.25) is 0 Å². The number of carbonyl (C=O) groups is 1. The van der Waals surface area contributed by atoms with Crippen molar-refractivity contribution in [2.45, 2.75) is 52.2 Å². The minimum atomic E-state index is -0.0509. The van der Waals surface area contributed by atoms with Crippen molar-refractivity contribution in [1.82, 2.24) is 0 Å². The van der Waals surface area contributed by atoms with Gasteiger partial charge in [-0.25, -0.2) is 0 Å². The number of benzene rings is 1. The lowest BCUT2D eigenvalue weighted by molar-refractivity contribution is -0.0327. The Hall–Kier alpha value is -1.35. The predicted octanol–water partition coefficient (Wildman–Crippen LogP) is 3.53. The Bertz CT molecular complexity index is 477. The highest BCUT2D eigenvalue weighted by atomic mass is 16.6. The minimum absolute atomic E-state index is 0.0337. The number of carbonyl (C=O) groups excluding carboxylic acids is 1. The van der Waals surface area contributed by atoms with Crippen LogP contribution in [0.5, 0.6) is 5.75 Å². The lowest BCUT2D eigenvalue weighted by atomic mass is 10.1. The van der Waals surface area contributed by atoms with Gasteiger partial charge in [0.05, 0.1) is 17.3 Å². The topological polar surface area (TPSA) is 35.5 Å². The highest BCUT2D eigenvalue weighted by molar-refractivity contribution is 5.97. The van der Waals surface area contributed by atoms with Gasteiger partial charge in [0.15, 0.2) is 5.78 Å². The molecule has 1 aliphatic heterocycles. The van der Waals surface area contributed by atoms with E-state index >= 15 is 0 Å². The number of hydrogen-bond acceptors (Lipinski definition) is 3. The average Bonchev–Trinajstić information content (AvgIpc) is 2.67. The molecule has 1 saturated heterocycles. The molecule has 1 atom stereocenters. The van der Waals surface area contributed by atoms with Crippen LogP contribution >= 0.6 is 0 Å². The van der Waals surface area contributed by atoms with Crippen LogP contribution in [0.25, 0.3) is 0 Å². The zero-order valence-electron chi connectivity index (χ0n) is 12.2. The molecule has 1 aromatic rings. The van der Waals surface area contributed by atoms with Crippen LogP contribution in [0.2, 0.25) is 0 Å². The Labute approximate surface area is 114 Å². The molecule has 0 saturated carbocycles. The molecule has 0 aliphatic carbocycles. The first-order valence-corrected chi connectivity index (χ1v) is 6.79. The molecule has 0 spiro atoms. The SMILES string of the molecule is CC(=O)c1cc(C)ccc1OCC1CCC(C)(C)O1. The minimum Gasteiger partial charge on any atom is -0.490 e. The molecule has 1 fully saturated rings. The van der Waals surface area contributed by atoms with E-state index in [1.165, 1.54) is 0 Å². The molecule has 1 unspecified atom stereocenters. The van der Waals surface area contributed by atoms with Crippen LogP contribution in [0, 0.1) is 6.92 Å². The van der Waals surface area contributed by atoms with Gasteiger partial charge >= 0.3 is 0 Å². The molecule has 0 aromatic heterocycles. The van der Waals surface area contributed by atoms with Crippen molar-refractivity contribution in [2.24, 2.45) is 0 Å². The summed E-state index contributed by atoms with van der Waals surface area (Å²) in [5.74, 6) is 0.692. The first kappa shape index (κ1) is 14.1. The van der Waals surface area contributed by atoms with E-state index in [2.05, 4.69) is 13.8 Å². The van der Waals surface area contributed by atoms with E-state index in [1.807, 2.05) is 25.1 Å². The predicted molar refractivity (Wildman–Crippen MR) is 74.9 cm³/mol. The number of hydrogen-bond donors (Lipinski definition) is 0. The van der Waals surface area contributed by atoms with Crippen LogP contribution < -0.4 is 4.74 Å². The summed E-state index contributed by atoms with van der Waals surface area (Å²) in [5, 5.41) is 0. The van der Waals surface area contributed by atoms with Gasteiger partial charge in [-0.15, -0.1) is 0 Å². The van der Waals surface area contributed by atoms with Gasteiger partial charge in [0, 0.05) is 0 Å². The summed E-state index contributed by atoms with van der Waals surface area (Å²) in [7, 11) is 0. The zero-order valence-corrected chi connectivity index (χ0v) is 12.2. The Morgan fingerprint density at radius 2 is 2.21 bits per heavy atom. The zero-order chi connectivity index (χ0) is 14.0. The van der Waals surface area contributed by atoms with E-state index in [1.54, 1.807) is 6.92 Å². The fraction of sp³-hybridized carbons (Fsp3) is 0.562. The molecule has 0 bridgehead atoms. The summed E-state index contributed by atoms with van der Waals surface area (Å²) in [6.45, 7) is 8.24. The highest BCUT2D eigenvalue weighted by Crippen LogP contribution is 2.30. The van der Waals surface area contributed by atoms with Crippen LogP contribution in [-0.4, -0.2) is 24.1 Å². The third-order valence-electron chi connectivity index (χ3n) is 3.49. The lowest BCUT2D eigenvalue weighted by Crippen LogP contribution is -2.24. The molecule has 1 aliphatic rings. The van der Waals surface area contributed by atoms with Crippen molar-refractivity contribution < 1.29 is 14.3 Å². The maximum Gasteiger partial charge on any atom is 0.163 e. The van der Waals surface area contributed by atoms with Crippen molar-refractivity contribution >= 4 is 5.78 Å². The summed E-state index contributed by atoms with van der Waals surface area (Å²) < 4.78 is 11.7. The third-order valence-corrected chi connectivity index (χ3v) is 3.49. The van der Waals surface area contributed by atoms with Gasteiger partial charge in [0.1, 0.15) is 12.4 Å². The molecule has 0 amide bonds. The molecule has 2 rings (SSSR count). The average molecular weight is 262 g/mol. The molecule has 0 N–H and O–H groups in total. The van der Waals surface area contributed by atoms with Gasteiger partial charge in [-0.05, 0) is 52.7 Å². The Balaban J connectivity index is 2.02. The van der Waals surface area contributed by atoms with E-state index in [0.29, 0.717) is 17.9 Å². The summed E-state index contributed by atoms with van der Waals surface area (Å²) in [6.07, 6.45) is 2.18. The second-order valence-electron chi connectivity index (χ2n) is 5.91. The number of ether oxygens (including phenoxy) is 2. The smallest absolute Gasteiger partial charge is 0.163 e. The Morgan fingerprint density at radius 3 is 2.79 bits per heavy atom. The maximum atomic E-state index is 11.6. The molecule has 1 aromatic carbocycles. The first-order valence-electron chi connectivity index (χ1n) is 6.79. The summed E-state index contributed by atoms with van der Waals surface area (Å²) in [5.41, 5.74) is 1.66. The lowest BCUT2D eigenvalue weighted by Gasteiger charge is -2.20. The largest absolute Gasteiger partial charge is 0.490 e. The summed E-state index contributed by atoms with van der Waals surface area (Å²) >= 11 is 0. The van der Waals surface area contributed by atoms with Crippen molar-refractivity contribution in [2.75, 3.05) is 6.61 Å². The van der Waals surface area contributed by atoms with E-state index in [0.717, 1.165) is 18.4 Å². The van der Waals surface area contributed by atoms with Gasteiger partial charge < -0.3 is 9.47 Å². The quantitative estimate of drug-likeness (QED) is 0.779. The molecule has 3 nitrogen and oxygen atoms in total. The normalized spacial score (nSPS) is 21.4. The van der Waals surface area contributed by atoms with Crippen molar-refractivity contribution in [3.8, 4) is 5.75 Å². The molecular formula is C16H22O3. The standard InChI is InChI=1S/C16H22O3/c1-11-5-6-15(14(9-11)12(2)17)18-10-13-7-8-16(3,4)19-13/h5-6,9,13H,7-8,10H2,1-4H3. The van der Waals surface area contributed by atoms with Crippen LogP contribution in [0.4, 0.5) is 0 Å². The van der Waals surface area contributed by atoms with Crippen molar-refractivity contribution in [1.29, 1.82) is 0 Å². The number of ketones is 1. The molecule has 0 radical (unpaired) electrons.